The second-order valence-corrected chi connectivity index (χ2v) is 8.19. The topological polar surface area (TPSA) is 93.1 Å². The van der Waals surface area contributed by atoms with Gasteiger partial charge in [-0.05, 0) is 80.5 Å². The van der Waals surface area contributed by atoms with Gasteiger partial charge in [0.15, 0.2) is 6.61 Å². The molecule has 0 bridgehead atoms. The van der Waals surface area contributed by atoms with Gasteiger partial charge in [0.25, 0.3) is 11.1 Å². The Labute approximate surface area is 176 Å². The minimum absolute atomic E-state index is 0.299. The summed E-state index contributed by atoms with van der Waals surface area (Å²) in [7, 11) is 1.57. The summed E-state index contributed by atoms with van der Waals surface area (Å²) in [6.45, 7) is 0.344. The van der Waals surface area contributed by atoms with Crippen LogP contribution in [0.5, 0.6) is 5.75 Å². The van der Waals surface area contributed by atoms with Crippen molar-refractivity contribution in [2.75, 3.05) is 26.9 Å². The van der Waals surface area contributed by atoms with Crippen molar-refractivity contribution >= 4 is 73.5 Å². The Balaban J connectivity index is 2.18. The van der Waals surface area contributed by atoms with E-state index in [2.05, 4.69) is 15.9 Å². The fraction of sp³-hybridized carbons (Fsp3) is 0.312. The molecular formula is C16H15BrINO6S. The van der Waals surface area contributed by atoms with Gasteiger partial charge >= 0.3 is 5.97 Å². The molecule has 1 heterocycles. The van der Waals surface area contributed by atoms with Crippen LogP contribution in [0.2, 0.25) is 0 Å². The molecule has 1 saturated heterocycles. The van der Waals surface area contributed by atoms with Crippen LogP contribution in [-0.4, -0.2) is 54.0 Å². The van der Waals surface area contributed by atoms with E-state index in [0.29, 0.717) is 43.8 Å². The third kappa shape index (κ3) is 5.44. The summed E-state index contributed by atoms with van der Waals surface area (Å²) >= 11 is 6.26. The molecule has 0 aliphatic carbocycles. The number of carboxylic acids is 1. The van der Waals surface area contributed by atoms with E-state index in [4.69, 9.17) is 14.6 Å². The maximum absolute atomic E-state index is 12.4. The number of imide groups is 1. The predicted octanol–water partition coefficient (Wildman–Crippen LogP) is 3.59. The largest absolute Gasteiger partial charge is 0.480 e. The summed E-state index contributed by atoms with van der Waals surface area (Å²) in [6.07, 6.45) is 2.22. The summed E-state index contributed by atoms with van der Waals surface area (Å²) in [5, 5.41) is 8.42. The number of rotatable bonds is 8. The molecule has 1 aliphatic rings. The Hall–Kier alpha value is -1.11. The lowest BCUT2D eigenvalue weighted by atomic mass is 10.2. The molecule has 2 amide bonds. The van der Waals surface area contributed by atoms with Crippen LogP contribution in [0.15, 0.2) is 21.5 Å². The Morgan fingerprint density at radius 1 is 1.42 bits per heavy atom. The summed E-state index contributed by atoms with van der Waals surface area (Å²) in [5.74, 6) is -0.981. The number of halogens is 2. The van der Waals surface area contributed by atoms with Gasteiger partial charge in [-0.3, -0.25) is 14.5 Å². The van der Waals surface area contributed by atoms with Crippen LogP contribution in [0.3, 0.4) is 0 Å². The van der Waals surface area contributed by atoms with E-state index in [9.17, 15) is 14.4 Å². The van der Waals surface area contributed by atoms with Crippen molar-refractivity contribution in [3.8, 4) is 5.75 Å². The van der Waals surface area contributed by atoms with Crippen LogP contribution in [0.25, 0.3) is 6.08 Å². The minimum Gasteiger partial charge on any atom is -0.480 e. The molecule has 0 spiro atoms. The smallest absolute Gasteiger partial charge is 0.341 e. The lowest BCUT2D eigenvalue weighted by Gasteiger charge is -2.11. The number of carbonyl (C=O) groups excluding carboxylic acids is 2. The van der Waals surface area contributed by atoms with Crippen LogP contribution in [0.4, 0.5) is 4.79 Å². The van der Waals surface area contributed by atoms with Gasteiger partial charge in [-0.15, -0.1) is 0 Å². The summed E-state index contributed by atoms with van der Waals surface area (Å²) in [4.78, 5) is 36.6. The number of methoxy groups -OCH3 is 1. The molecule has 0 saturated carbocycles. The third-order valence-corrected chi connectivity index (χ3v) is 5.56. The highest BCUT2D eigenvalue weighted by molar-refractivity contribution is 14.1. The van der Waals surface area contributed by atoms with Crippen LogP contribution in [0.1, 0.15) is 12.0 Å². The number of aliphatic carboxylic acids is 1. The quantitative estimate of drug-likeness (QED) is 0.298. The number of hydrogen-bond donors (Lipinski definition) is 1. The first kappa shape index (κ1) is 21.2. The van der Waals surface area contributed by atoms with E-state index < -0.39 is 12.6 Å². The first-order chi connectivity index (χ1) is 12.3. The molecule has 2 rings (SSSR count). The number of ether oxygens (including phenoxy) is 2. The maximum atomic E-state index is 12.4. The Bertz CT molecular complexity index is 746. The van der Waals surface area contributed by atoms with Gasteiger partial charge in [0.05, 0.1) is 12.9 Å². The number of carbonyl (C=O) groups is 3. The molecule has 7 nitrogen and oxygen atoms in total. The molecule has 1 aliphatic heterocycles. The normalized spacial score (nSPS) is 15.8. The number of benzene rings is 1. The molecule has 0 aromatic heterocycles. The average Bonchev–Trinajstić information content (AvgIpc) is 2.81. The van der Waals surface area contributed by atoms with Crippen LogP contribution in [-0.2, 0) is 14.3 Å². The van der Waals surface area contributed by atoms with E-state index in [0.717, 1.165) is 11.8 Å². The SMILES string of the molecule is COCCCN1C(=O)S/C(=C/c2cc(Br)c(OCC(=O)O)c(I)c2)C1=O. The molecule has 1 fully saturated rings. The summed E-state index contributed by atoms with van der Waals surface area (Å²) < 4.78 is 11.4. The van der Waals surface area contributed by atoms with Gasteiger partial charge in [-0.2, -0.15) is 0 Å². The van der Waals surface area contributed by atoms with Crippen LogP contribution < -0.4 is 4.74 Å². The molecule has 140 valence electrons. The third-order valence-electron chi connectivity index (χ3n) is 3.26. The van der Waals surface area contributed by atoms with Crippen molar-refractivity contribution in [1.29, 1.82) is 0 Å². The van der Waals surface area contributed by atoms with Crippen LogP contribution >= 0.6 is 50.3 Å². The zero-order chi connectivity index (χ0) is 19.3. The molecule has 1 N–H and O–H groups in total. The van der Waals surface area contributed by atoms with Gasteiger partial charge in [0.2, 0.25) is 0 Å². The molecular weight excluding hydrogens is 541 g/mol. The van der Waals surface area contributed by atoms with Crippen molar-refractivity contribution in [3.63, 3.8) is 0 Å². The minimum atomic E-state index is -1.07. The summed E-state index contributed by atoms with van der Waals surface area (Å²) in [6, 6.07) is 3.46. The average molecular weight is 556 g/mol. The number of thioether (sulfide) groups is 1. The molecule has 1 aromatic carbocycles. The Kier molecular flexibility index (Phi) is 7.92. The molecule has 26 heavy (non-hydrogen) atoms. The highest BCUT2D eigenvalue weighted by Crippen LogP contribution is 2.36. The lowest BCUT2D eigenvalue weighted by Crippen LogP contribution is -2.29. The van der Waals surface area contributed by atoms with Crippen molar-refractivity contribution in [1.82, 2.24) is 4.90 Å². The zero-order valence-corrected chi connectivity index (χ0v) is 18.2. The fourth-order valence-corrected chi connectivity index (χ4v) is 4.78. The van der Waals surface area contributed by atoms with Gasteiger partial charge in [0, 0.05) is 20.3 Å². The molecule has 10 heteroatoms. The lowest BCUT2D eigenvalue weighted by molar-refractivity contribution is -0.139. The molecule has 0 unspecified atom stereocenters. The number of amides is 2. The van der Waals surface area contributed by atoms with Gasteiger partial charge in [-0.1, -0.05) is 0 Å². The highest BCUT2D eigenvalue weighted by Gasteiger charge is 2.34. The standard InChI is InChI=1S/C16H15BrINO6S/c1-24-4-2-3-19-15(22)12(26-16(19)23)7-9-5-10(17)14(11(18)6-9)25-8-13(20)21/h5-7H,2-4,8H2,1H3,(H,20,21)/b12-7+. The molecule has 0 atom stereocenters. The summed E-state index contributed by atoms with van der Waals surface area (Å²) in [5.41, 5.74) is 0.700. The molecule has 0 radical (unpaired) electrons. The second-order valence-electron chi connectivity index (χ2n) is 5.18. The maximum Gasteiger partial charge on any atom is 0.341 e. The zero-order valence-electron chi connectivity index (χ0n) is 13.7. The van der Waals surface area contributed by atoms with Gasteiger partial charge < -0.3 is 14.6 Å². The molecule has 1 aromatic rings. The predicted molar refractivity (Wildman–Crippen MR) is 109 cm³/mol. The Morgan fingerprint density at radius 2 is 2.15 bits per heavy atom. The first-order valence-electron chi connectivity index (χ1n) is 7.41. The van der Waals surface area contributed by atoms with E-state index in [-0.39, 0.29) is 11.1 Å². The van der Waals surface area contributed by atoms with Crippen molar-refractivity contribution < 1.29 is 29.0 Å². The van der Waals surface area contributed by atoms with Crippen molar-refractivity contribution in [2.24, 2.45) is 0 Å². The van der Waals surface area contributed by atoms with E-state index >= 15 is 0 Å². The monoisotopic (exact) mass is 555 g/mol. The van der Waals surface area contributed by atoms with Crippen molar-refractivity contribution in [3.05, 3.63) is 30.6 Å². The highest BCUT2D eigenvalue weighted by atomic mass is 127. The number of hydrogen-bond acceptors (Lipinski definition) is 6. The van der Waals surface area contributed by atoms with E-state index in [1.54, 1.807) is 25.3 Å². The van der Waals surface area contributed by atoms with Crippen molar-refractivity contribution in [2.45, 2.75) is 6.42 Å². The van der Waals surface area contributed by atoms with E-state index in [1.165, 1.54) is 4.90 Å². The van der Waals surface area contributed by atoms with Gasteiger partial charge in [-0.25, -0.2) is 4.79 Å². The van der Waals surface area contributed by atoms with Crippen LogP contribution in [0, 0.1) is 3.57 Å². The fourth-order valence-electron chi connectivity index (χ4n) is 2.15. The van der Waals surface area contributed by atoms with Gasteiger partial charge in [0.1, 0.15) is 5.75 Å². The number of nitrogens with zero attached hydrogens (tertiary/aromatic N) is 1. The second kappa shape index (κ2) is 9.72. The van der Waals surface area contributed by atoms with E-state index in [1.807, 2.05) is 22.6 Å². The number of carboxylic acid groups (broad SMARTS) is 1. The Morgan fingerprint density at radius 3 is 2.77 bits per heavy atom. The first-order valence-corrected chi connectivity index (χ1v) is 10.1.